The number of benzene rings is 3. The molecule has 0 radical (unpaired) electrons. The number of nitrogens with zero attached hydrogens (tertiary/aromatic N) is 2. The lowest BCUT2D eigenvalue weighted by atomic mass is 10.1. The zero-order chi connectivity index (χ0) is 28.6. The second-order valence-corrected chi connectivity index (χ2v) is 11.7. The molecule has 3 rings (SSSR count). The maximum absolute atomic E-state index is 14.1. The van der Waals surface area contributed by atoms with E-state index >= 15 is 0 Å². The Kier molecular flexibility index (Phi) is 10.3. The third kappa shape index (κ3) is 7.47. The molecule has 3 aromatic rings. The second kappa shape index (κ2) is 13.4. The normalized spacial score (nSPS) is 12.8. The van der Waals surface area contributed by atoms with Crippen LogP contribution in [0.2, 0.25) is 0 Å². The van der Waals surface area contributed by atoms with Crippen LogP contribution in [0.3, 0.4) is 0 Å². The number of anilines is 1. The molecule has 0 aliphatic carbocycles. The molecule has 0 unspecified atom stereocenters. The van der Waals surface area contributed by atoms with E-state index in [0.717, 1.165) is 27.4 Å². The monoisotopic (exact) mass is 549 g/mol. The summed E-state index contributed by atoms with van der Waals surface area (Å²) in [6.07, 6.45) is 1.14. The molecule has 8 heteroatoms. The fourth-order valence-electron chi connectivity index (χ4n) is 4.29. The molecule has 0 bridgehead atoms. The summed E-state index contributed by atoms with van der Waals surface area (Å²) < 4.78 is 28.8. The zero-order valence-corrected chi connectivity index (χ0v) is 24.2. The first-order valence-corrected chi connectivity index (χ1v) is 14.8. The summed E-state index contributed by atoms with van der Waals surface area (Å²) in [6.45, 7) is 9.37. The summed E-state index contributed by atoms with van der Waals surface area (Å²) in [5.74, 6) is -0.703. The van der Waals surface area contributed by atoms with Crippen LogP contribution in [0.5, 0.6) is 0 Å². The summed E-state index contributed by atoms with van der Waals surface area (Å²) in [4.78, 5) is 29.0. The van der Waals surface area contributed by atoms with E-state index in [-0.39, 0.29) is 23.4 Å². The Balaban J connectivity index is 2.05. The van der Waals surface area contributed by atoms with E-state index in [2.05, 4.69) is 5.32 Å². The number of rotatable bonds is 12. The van der Waals surface area contributed by atoms with Crippen molar-refractivity contribution in [2.45, 2.75) is 71.0 Å². The van der Waals surface area contributed by atoms with Gasteiger partial charge in [-0.05, 0) is 69.0 Å². The van der Waals surface area contributed by atoms with Crippen molar-refractivity contribution in [1.29, 1.82) is 0 Å². The van der Waals surface area contributed by atoms with Crippen LogP contribution in [0.15, 0.2) is 83.8 Å². The summed E-state index contributed by atoms with van der Waals surface area (Å²) in [6, 6.07) is 22.0. The Morgan fingerprint density at radius 2 is 1.46 bits per heavy atom. The van der Waals surface area contributed by atoms with Crippen molar-refractivity contribution in [3.8, 4) is 0 Å². The fourth-order valence-corrected chi connectivity index (χ4v) is 5.73. The van der Waals surface area contributed by atoms with E-state index in [0.29, 0.717) is 12.1 Å². The van der Waals surface area contributed by atoms with Crippen LogP contribution in [-0.2, 0) is 26.2 Å². The average Bonchev–Trinajstić information content (AvgIpc) is 2.93. The number of hydrogen-bond acceptors (Lipinski definition) is 4. The Labute approximate surface area is 232 Å². The number of aryl methyl sites for hydroxylation is 2. The van der Waals surface area contributed by atoms with Crippen LogP contribution >= 0.6 is 0 Å². The Hall–Kier alpha value is -3.65. The predicted molar refractivity (Wildman–Crippen MR) is 156 cm³/mol. The summed E-state index contributed by atoms with van der Waals surface area (Å²) in [7, 11) is -4.07. The maximum atomic E-state index is 14.1. The van der Waals surface area contributed by atoms with E-state index < -0.39 is 28.5 Å². The van der Waals surface area contributed by atoms with Crippen molar-refractivity contribution in [2.75, 3.05) is 10.8 Å². The minimum atomic E-state index is -4.07. The van der Waals surface area contributed by atoms with Gasteiger partial charge in [0.05, 0.1) is 10.6 Å². The van der Waals surface area contributed by atoms with Gasteiger partial charge in [-0.25, -0.2) is 8.42 Å². The highest BCUT2D eigenvalue weighted by atomic mass is 32.2. The Morgan fingerprint density at radius 1 is 0.846 bits per heavy atom. The molecule has 0 spiro atoms. The van der Waals surface area contributed by atoms with Gasteiger partial charge in [0, 0.05) is 12.6 Å². The highest BCUT2D eigenvalue weighted by Crippen LogP contribution is 2.25. The van der Waals surface area contributed by atoms with Gasteiger partial charge >= 0.3 is 0 Å². The number of carbonyl (C=O) groups excluding carboxylic acids is 2. The van der Waals surface area contributed by atoms with Crippen molar-refractivity contribution >= 4 is 27.5 Å². The number of sulfonamides is 1. The van der Waals surface area contributed by atoms with Crippen LogP contribution in [0.1, 0.15) is 50.3 Å². The van der Waals surface area contributed by atoms with Crippen molar-refractivity contribution < 1.29 is 18.0 Å². The SMILES string of the molecule is CC[C@@H](C)NC(=O)[C@H](CC)N(Cc1ccccc1C)C(=O)CN(c1ccc(C)cc1)S(=O)(=O)c1ccccc1. The van der Waals surface area contributed by atoms with E-state index in [1.54, 1.807) is 30.3 Å². The molecule has 0 aliphatic heterocycles. The molecule has 0 saturated carbocycles. The van der Waals surface area contributed by atoms with Gasteiger partial charge in [-0.2, -0.15) is 0 Å². The second-order valence-electron chi connectivity index (χ2n) is 9.85. The predicted octanol–water partition coefficient (Wildman–Crippen LogP) is 5.22. The number of carbonyl (C=O) groups is 2. The zero-order valence-electron chi connectivity index (χ0n) is 23.4. The first-order chi connectivity index (χ1) is 18.6. The van der Waals surface area contributed by atoms with Crippen LogP contribution in [0.25, 0.3) is 0 Å². The minimum Gasteiger partial charge on any atom is -0.352 e. The van der Waals surface area contributed by atoms with Gasteiger partial charge in [0.15, 0.2) is 0 Å². The molecule has 208 valence electrons. The molecule has 3 aromatic carbocycles. The van der Waals surface area contributed by atoms with Gasteiger partial charge in [0.25, 0.3) is 10.0 Å². The summed E-state index contributed by atoms with van der Waals surface area (Å²) in [5, 5.41) is 3.00. The van der Waals surface area contributed by atoms with Gasteiger partial charge in [0.2, 0.25) is 11.8 Å². The third-order valence-corrected chi connectivity index (χ3v) is 8.71. The van der Waals surface area contributed by atoms with Crippen LogP contribution in [-0.4, -0.2) is 43.8 Å². The number of nitrogens with one attached hydrogen (secondary N) is 1. The van der Waals surface area contributed by atoms with Gasteiger partial charge in [-0.1, -0.05) is 74.0 Å². The van der Waals surface area contributed by atoms with E-state index in [9.17, 15) is 18.0 Å². The van der Waals surface area contributed by atoms with Crippen molar-refractivity contribution in [1.82, 2.24) is 10.2 Å². The molecule has 2 amide bonds. The molecule has 0 saturated heterocycles. The van der Waals surface area contributed by atoms with Gasteiger partial charge in [-0.15, -0.1) is 0 Å². The lowest BCUT2D eigenvalue weighted by Crippen LogP contribution is -2.53. The molecule has 0 aliphatic rings. The number of hydrogen-bond donors (Lipinski definition) is 1. The molecule has 2 atom stereocenters. The third-order valence-electron chi connectivity index (χ3n) is 6.92. The first kappa shape index (κ1) is 29.9. The average molecular weight is 550 g/mol. The van der Waals surface area contributed by atoms with E-state index in [1.807, 2.05) is 71.0 Å². The first-order valence-electron chi connectivity index (χ1n) is 13.4. The molecule has 7 nitrogen and oxygen atoms in total. The highest BCUT2D eigenvalue weighted by molar-refractivity contribution is 7.92. The molecule has 0 aromatic heterocycles. The summed E-state index contributed by atoms with van der Waals surface area (Å²) in [5.41, 5.74) is 3.23. The van der Waals surface area contributed by atoms with Crippen molar-refractivity contribution in [3.63, 3.8) is 0 Å². The topological polar surface area (TPSA) is 86.8 Å². The van der Waals surface area contributed by atoms with Crippen LogP contribution in [0.4, 0.5) is 5.69 Å². The Bertz CT molecular complexity index is 1360. The summed E-state index contributed by atoms with van der Waals surface area (Å²) >= 11 is 0. The van der Waals surface area contributed by atoms with Gasteiger partial charge in [-0.3, -0.25) is 13.9 Å². The van der Waals surface area contributed by atoms with Gasteiger partial charge in [0.1, 0.15) is 12.6 Å². The largest absolute Gasteiger partial charge is 0.352 e. The van der Waals surface area contributed by atoms with Crippen molar-refractivity contribution in [3.05, 3.63) is 95.6 Å². The molecule has 39 heavy (non-hydrogen) atoms. The molecule has 0 fully saturated rings. The standard InChI is InChI=1S/C31H39N3O4S/c1-6-25(5)32-31(36)29(7-2)33(21-26-14-12-11-13-24(26)4)30(35)22-34(27-19-17-23(3)18-20-27)39(37,38)28-15-9-8-10-16-28/h8-20,25,29H,6-7,21-22H2,1-5H3,(H,32,36)/t25-,29+/m1/s1. The molecule has 1 N–H and O–H groups in total. The minimum absolute atomic E-state index is 0.0514. The van der Waals surface area contributed by atoms with Crippen molar-refractivity contribution in [2.24, 2.45) is 0 Å². The van der Waals surface area contributed by atoms with Crippen LogP contribution in [0, 0.1) is 13.8 Å². The lowest BCUT2D eigenvalue weighted by Gasteiger charge is -2.34. The highest BCUT2D eigenvalue weighted by Gasteiger charge is 2.34. The number of amides is 2. The van der Waals surface area contributed by atoms with E-state index in [1.165, 1.54) is 17.0 Å². The quantitative estimate of drug-likeness (QED) is 0.336. The van der Waals surface area contributed by atoms with Gasteiger partial charge < -0.3 is 10.2 Å². The lowest BCUT2D eigenvalue weighted by molar-refractivity contribution is -0.140. The molecular formula is C31H39N3O4S. The molecular weight excluding hydrogens is 510 g/mol. The fraction of sp³-hybridized carbons (Fsp3) is 0.355. The van der Waals surface area contributed by atoms with E-state index in [4.69, 9.17) is 0 Å². The maximum Gasteiger partial charge on any atom is 0.264 e. The van der Waals surface area contributed by atoms with Crippen LogP contribution < -0.4 is 9.62 Å². The smallest absolute Gasteiger partial charge is 0.264 e. The molecule has 0 heterocycles. The Morgan fingerprint density at radius 3 is 2.05 bits per heavy atom.